The molecule has 0 fully saturated rings. The second-order valence-electron chi connectivity index (χ2n) is 6.88. The lowest BCUT2D eigenvalue weighted by molar-refractivity contribution is -0.145. The first-order valence-electron chi connectivity index (χ1n) is 10.0. The summed E-state index contributed by atoms with van der Waals surface area (Å²) in [6.07, 6.45) is -0.690. The normalized spacial score (nSPS) is 15.3. The summed E-state index contributed by atoms with van der Waals surface area (Å²) >= 11 is 0. The molecular formula is C21H29N3O5. The van der Waals surface area contributed by atoms with Crippen molar-refractivity contribution in [3.8, 4) is 5.75 Å². The molecule has 2 N–H and O–H groups in total. The average molecular weight is 403 g/mol. The summed E-state index contributed by atoms with van der Waals surface area (Å²) in [5.74, 6) is 1.13. The fourth-order valence-electron chi connectivity index (χ4n) is 3.34. The third-order valence-corrected chi connectivity index (χ3v) is 4.68. The van der Waals surface area contributed by atoms with E-state index in [0.717, 1.165) is 11.4 Å². The molecule has 1 aromatic carbocycles. The van der Waals surface area contributed by atoms with Gasteiger partial charge in [0.15, 0.2) is 5.82 Å². The summed E-state index contributed by atoms with van der Waals surface area (Å²) in [6.45, 7) is 6.43. The minimum Gasteiger partial charge on any atom is -0.491 e. The van der Waals surface area contributed by atoms with E-state index in [1.165, 1.54) is 0 Å². The Morgan fingerprint density at radius 2 is 1.93 bits per heavy atom. The molecule has 2 aromatic rings. The topological polar surface area (TPSA) is 96.9 Å². The Morgan fingerprint density at radius 1 is 1.21 bits per heavy atom. The van der Waals surface area contributed by atoms with Gasteiger partial charge in [0, 0.05) is 39.3 Å². The van der Waals surface area contributed by atoms with Crippen molar-refractivity contribution in [1.82, 2.24) is 14.9 Å². The zero-order chi connectivity index (χ0) is 20.6. The number of nitrogens with one attached hydrogen (secondary N) is 1. The number of H-pyrrole nitrogens is 1. The van der Waals surface area contributed by atoms with Crippen LogP contribution in [-0.4, -0.2) is 59.0 Å². The highest BCUT2D eigenvalue weighted by atomic mass is 16.7. The van der Waals surface area contributed by atoms with Crippen LogP contribution in [0.15, 0.2) is 35.1 Å². The molecule has 8 nitrogen and oxygen atoms in total. The van der Waals surface area contributed by atoms with E-state index in [-0.39, 0.29) is 12.2 Å². The molecule has 0 saturated carbocycles. The molecule has 0 spiro atoms. The highest BCUT2D eigenvalue weighted by molar-refractivity contribution is 5.22. The van der Waals surface area contributed by atoms with Crippen molar-refractivity contribution in [2.75, 3.05) is 32.9 Å². The Morgan fingerprint density at radius 3 is 2.62 bits per heavy atom. The zero-order valence-electron chi connectivity index (χ0n) is 17.0. The number of aliphatic hydroxyl groups excluding tert-OH is 1. The van der Waals surface area contributed by atoms with Gasteiger partial charge >= 0.3 is 0 Å². The van der Waals surface area contributed by atoms with Crippen LogP contribution in [-0.2, 0) is 22.4 Å². The molecule has 8 heteroatoms. The lowest BCUT2D eigenvalue weighted by atomic mass is 10.1. The molecule has 0 saturated heterocycles. The molecule has 0 amide bonds. The van der Waals surface area contributed by atoms with Crippen LogP contribution >= 0.6 is 0 Å². The number of aromatic nitrogens is 2. The Labute approximate surface area is 170 Å². The van der Waals surface area contributed by atoms with E-state index in [1.807, 2.05) is 49.1 Å². The molecule has 0 aliphatic carbocycles. The van der Waals surface area contributed by atoms with Crippen LogP contribution in [0.3, 0.4) is 0 Å². The zero-order valence-corrected chi connectivity index (χ0v) is 17.0. The van der Waals surface area contributed by atoms with Gasteiger partial charge in [-0.05, 0) is 26.0 Å². The van der Waals surface area contributed by atoms with Crippen LogP contribution in [0.25, 0.3) is 0 Å². The quantitative estimate of drug-likeness (QED) is 0.582. The van der Waals surface area contributed by atoms with Gasteiger partial charge in [-0.3, -0.25) is 9.69 Å². The number of nitrogens with zero attached hydrogens (tertiary/aromatic N) is 2. The van der Waals surface area contributed by atoms with Crippen molar-refractivity contribution in [3.05, 3.63) is 57.8 Å². The predicted molar refractivity (Wildman–Crippen MR) is 108 cm³/mol. The first kappa shape index (κ1) is 21.4. The van der Waals surface area contributed by atoms with Crippen LogP contribution < -0.4 is 10.3 Å². The second kappa shape index (κ2) is 10.5. The minimum absolute atomic E-state index is 0.186. The number of fused-ring (bicyclic) bond motifs is 1. The average Bonchev–Trinajstić information content (AvgIpc) is 2.73. The molecule has 1 atom stereocenters. The monoisotopic (exact) mass is 403 g/mol. The molecule has 3 rings (SSSR count). The third kappa shape index (κ3) is 5.86. The van der Waals surface area contributed by atoms with E-state index in [4.69, 9.17) is 14.2 Å². The molecule has 0 unspecified atom stereocenters. The van der Waals surface area contributed by atoms with Crippen molar-refractivity contribution >= 4 is 0 Å². The van der Waals surface area contributed by atoms with Crippen LogP contribution in [0, 0.1) is 0 Å². The van der Waals surface area contributed by atoms with Crippen molar-refractivity contribution in [3.63, 3.8) is 0 Å². The van der Waals surface area contributed by atoms with Gasteiger partial charge in [-0.15, -0.1) is 0 Å². The van der Waals surface area contributed by atoms with E-state index in [1.54, 1.807) is 0 Å². The molecule has 29 heavy (non-hydrogen) atoms. The van der Waals surface area contributed by atoms with Crippen molar-refractivity contribution in [2.45, 2.75) is 39.2 Å². The molecule has 1 aliphatic rings. The summed E-state index contributed by atoms with van der Waals surface area (Å²) < 4.78 is 16.7. The lowest BCUT2D eigenvalue weighted by Crippen LogP contribution is -2.41. The number of β-amino-alcohol motifs (C(OH)–C–C–N with tert-alkyl or cyclic N) is 1. The summed E-state index contributed by atoms with van der Waals surface area (Å²) in [5, 5.41) is 10.3. The summed E-state index contributed by atoms with van der Waals surface area (Å²) in [6, 6.07) is 9.39. The summed E-state index contributed by atoms with van der Waals surface area (Å²) in [4.78, 5) is 22.0. The van der Waals surface area contributed by atoms with Crippen LogP contribution in [0.1, 0.15) is 37.2 Å². The van der Waals surface area contributed by atoms with Crippen molar-refractivity contribution in [2.24, 2.45) is 0 Å². The molecular weight excluding hydrogens is 374 g/mol. The number of rotatable bonds is 10. The van der Waals surface area contributed by atoms with E-state index in [9.17, 15) is 9.90 Å². The Balaban J connectivity index is 1.61. The second-order valence-corrected chi connectivity index (χ2v) is 6.88. The van der Waals surface area contributed by atoms with Crippen LogP contribution in [0.5, 0.6) is 5.75 Å². The minimum atomic E-state index is -0.669. The van der Waals surface area contributed by atoms with Gasteiger partial charge in [-0.25, -0.2) is 4.98 Å². The maximum absolute atomic E-state index is 12.6. The first-order chi connectivity index (χ1) is 14.1. The third-order valence-electron chi connectivity index (χ3n) is 4.68. The van der Waals surface area contributed by atoms with Crippen molar-refractivity contribution in [1.29, 1.82) is 0 Å². The van der Waals surface area contributed by atoms with Gasteiger partial charge in [-0.2, -0.15) is 0 Å². The van der Waals surface area contributed by atoms with Gasteiger partial charge in [0.2, 0.25) is 6.29 Å². The van der Waals surface area contributed by atoms with E-state index >= 15 is 0 Å². The van der Waals surface area contributed by atoms with Crippen LogP contribution in [0.2, 0.25) is 0 Å². The fraction of sp³-hybridized carbons (Fsp3) is 0.524. The fourth-order valence-corrected chi connectivity index (χ4v) is 3.34. The van der Waals surface area contributed by atoms with E-state index in [2.05, 4.69) is 9.97 Å². The smallest absolute Gasteiger partial charge is 0.255 e. The number of ether oxygens (including phenoxy) is 3. The maximum Gasteiger partial charge on any atom is 0.255 e. The molecule has 0 radical (unpaired) electrons. The Hall–Kier alpha value is -2.26. The first-order valence-corrected chi connectivity index (χ1v) is 10.0. The number of aromatic amines is 1. The van der Waals surface area contributed by atoms with Gasteiger partial charge in [0.25, 0.3) is 5.56 Å². The molecule has 158 valence electrons. The maximum atomic E-state index is 12.6. The van der Waals surface area contributed by atoms with Gasteiger partial charge in [0.1, 0.15) is 18.5 Å². The highest BCUT2D eigenvalue weighted by Crippen LogP contribution is 2.19. The largest absolute Gasteiger partial charge is 0.491 e. The SMILES string of the molecule is CCOC(OCC)c1nc2c(c(=O)[nH]1)CN(C[C@H](O)COc1ccccc1)CC2. The number of para-hydroxylation sites is 1. The number of hydrogen-bond donors (Lipinski definition) is 2. The molecule has 1 aliphatic heterocycles. The van der Waals surface area contributed by atoms with Crippen LogP contribution in [0.4, 0.5) is 0 Å². The molecule has 1 aromatic heterocycles. The summed E-state index contributed by atoms with van der Waals surface area (Å²) in [5.41, 5.74) is 1.21. The standard InChI is InChI=1S/C21H29N3O5/c1-3-27-21(28-4-2)19-22-18-10-11-24(13-17(18)20(26)23-19)12-15(25)14-29-16-8-6-5-7-9-16/h5-9,15,21,25H,3-4,10-14H2,1-2H3,(H,22,23,26)/t15-/m0/s1. The predicted octanol–water partition coefficient (Wildman–Crippen LogP) is 1.64. The Bertz CT molecular complexity index is 821. The van der Waals surface area contributed by atoms with Gasteiger partial charge in [0.05, 0.1) is 11.3 Å². The lowest BCUT2D eigenvalue weighted by Gasteiger charge is -2.29. The number of hydrogen-bond acceptors (Lipinski definition) is 7. The van der Waals surface area contributed by atoms with E-state index < -0.39 is 12.4 Å². The van der Waals surface area contributed by atoms with Crippen molar-refractivity contribution < 1.29 is 19.3 Å². The molecule has 0 bridgehead atoms. The summed E-state index contributed by atoms with van der Waals surface area (Å²) in [7, 11) is 0. The van der Waals surface area contributed by atoms with E-state index in [0.29, 0.717) is 50.7 Å². The number of benzene rings is 1. The van der Waals surface area contributed by atoms with Gasteiger partial charge < -0.3 is 24.3 Å². The number of aliphatic hydroxyl groups is 1. The highest BCUT2D eigenvalue weighted by Gasteiger charge is 2.25. The molecule has 2 heterocycles. The van der Waals surface area contributed by atoms with Gasteiger partial charge in [-0.1, -0.05) is 18.2 Å². The Kier molecular flexibility index (Phi) is 7.76.